The smallest absolute Gasteiger partial charge is 0.171 e. The Labute approximate surface area is 133 Å². The molecular formula is C16H16F2N2OS. The molecule has 0 saturated carbocycles. The van der Waals surface area contributed by atoms with Gasteiger partial charge in [-0.05, 0) is 43.4 Å². The summed E-state index contributed by atoms with van der Waals surface area (Å²) in [4.78, 5) is 0. The molecule has 6 heteroatoms. The Hall–Kier alpha value is -2.21. The Morgan fingerprint density at radius 3 is 2.55 bits per heavy atom. The first-order valence-electron chi connectivity index (χ1n) is 6.75. The van der Waals surface area contributed by atoms with Gasteiger partial charge in [-0.15, -0.1) is 0 Å². The van der Waals surface area contributed by atoms with Crippen molar-refractivity contribution in [3.63, 3.8) is 0 Å². The van der Waals surface area contributed by atoms with E-state index < -0.39 is 11.6 Å². The van der Waals surface area contributed by atoms with Crippen molar-refractivity contribution in [2.24, 2.45) is 0 Å². The maximum Gasteiger partial charge on any atom is 0.171 e. The zero-order valence-corrected chi connectivity index (χ0v) is 12.8. The summed E-state index contributed by atoms with van der Waals surface area (Å²) in [5.74, 6) is -1.04. The summed E-state index contributed by atoms with van der Waals surface area (Å²) in [7, 11) is 0. The highest BCUT2D eigenvalue weighted by molar-refractivity contribution is 7.80. The molecule has 0 bridgehead atoms. The maximum absolute atomic E-state index is 13.1. The van der Waals surface area contributed by atoms with Gasteiger partial charge in [-0.2, -0.15) is 0 Å². The summed E-state index contributed by atoms with van der Waals surface area (Å²) in [6.07, 6.45) is 0. The van der Waals surface area contributed by atoms with E-state index in [0.29, 0.717) is 17.4 Å². The molecule has 116 valence electrons. The first-order chi connectivity index (χ1) is 10.5. The average Bonchev–Trinajstić information content (AvgIpc) is 2.50. The summed E-state index contributed by atoms with van der Waals surface area (Å²) in [5, 5.41) is 6.12. The van der Waals surface area contributed by atoms with Crippen LogP contribution < -0.4 is 15.4 Å². The van der Waals surface area contributed by atoms with Crippen LogP contribution >= 0.6 is 12.2 Å². The molecule has 0 aliphatic heterocycles. The van der Waals surface area contributed by atoms with Gasteiger partial charge >= 0.3 is 0 Å². The molecule has 3 nitrogen and oxygen atoms in total. The normalized spacial score (nSPS) is 11.6. The van der Waals surface area contributed by atoms with Crippen molar-refractivity contribution >= 4 is 23.0 Å². The van der Waals surface area contributed by atoms with Gasteiger partial charge in [0.25, 0.3) is 0 Å². The fraction of sp³-hybridized carbons (Fsp3) is 0.188. The Balaban J connectivity index is 1.79. The molecule has 0 fully saturated rings. The van der Waals surface area contributed by atoms with Gasteiger partial charge in [0.15, 0.2) is 16.7 Å². The summed E-state index contributed by atoms with van der Waals surface area (Å²) < 4.78 is 31.5. The van der Waals surface area contributed by atoms with E-state index in [-0.39, 0.29) is 6.04 Å². The molecule has 2 N–H and O–H groups in total. The summed E-state index contributed by atoms with van der Waals surface area (Å²) in [6.45, 7) is 2.33. The highest BCUT2D eigenvalue weighted by Crippen LogP contribution is 2.13. The van der Waals surface area contributed by atoms with Crippen molar-refractivity contribution in [2.75, 3.05) is 11.9 Å². The Morgan fingerprint density at radius 1 is 1.14 bits per heavy atom. The lowest BCUT2D eigenvalue weighted by Gasteiger charge is -2.17. The van der Waals surface area contributed by atoms with Gasteiger partial charge in [-0.1, -0.05) is 18.2 Å². The molecule has 2 aromatic carbocycles. The second kappa shape index (κ2) is 7.70. The van der Waals surface area contributed by atoms with Crippen LogP contribution in [0.1, 0.15) is 6.92 Å². The van der Waals surface area contributed by atoms with Crippen molar-refractivity contribution in [3.8, 4) is 5.75 Å². The van der Waals surface area contributed by atoms with Crippen molar-refractivity contribution in [1.82, 2.24) is 5.32 Å². The molecule has 0 radical (unpaired) electrons. The quantitative estimate of drug-likeness (QED) is 0.822. The molecule has 0 aliphatic carbocycles. The highest BCUT2D eigenvalue weighted by Gasteiger charge is 2.07. The number of rotatable bonds is 5. The minimum atomic E-state index is -0.923. The number of nitrogens with one attached hydrogen (secondary N) is 2. The van der Waals surface area contributed by atoms with Crippen molar-refractivity contribution in [2.45, 2.75) is 13.0 Å². The molecule has 0 heterocycles. The summed E-state index contributed by atoms with van der Waals surface area (Å²) >= 11 is 5.13. The minimum absolute atomic E-state index is 0.0505. The molecule has 22 heavy (non-hydrogen) atoms. The molecule has 0 unspecified atom stereocenters. The van der Waals surface area contributed by atoms with Gasteiger partial charge in [-0.3, -0.25) is 0 Å². The SMILES string of the molecule is C[C@@H](COc1ccccc1)NC(=S)Nc1ccc(F)c(F)c1. The molecular weight excluding hydrogens is 306 g/mol. The summed E-state index contributed by atoms with van der Waals surface area (Å²) in [5.41, 5.74) is 0.382. The van der Waals surface area contributed by atoms with Crippen LogP contribution in [0.2, 0.25) is 0 Å². The van der Waals surface area contributed by atoms with Crippen LogP contribution in [0, 0.1) is 11.6 Å². The van der Waals surface area contributed by atoms with Gasteiger partial charge in [0.1, 0.15) is 12.4 Å². The van der Waals surface area contributed by atoms with Crippen LogP contribution in [-0.4, -0.2) is 17.8 Å². The molecule has 1 atom stereocenters. The largest absolute Gasteiger partial charge is 0.491 e. The van der Waals surface area contributed by atoms with Gasteiger partial charge in [-0.25, -0.2) is 8.78 Å². The lowest BCUT2D eigenvalue weighted by Crippen LogP contribution is -2.39. The van der Waals surface area contributed by atoms with E-state index >= 15 is 0 Å². The fourth-order valence-electron chi connectivity index (χ4n) is 1.74. The minimum Gasteiger partial charge on any atom is -0.491 e. The van der Waals surface area contributed by atoms with E-state index in [1.54, 1.807) is 0 Å². The zero-order chi connectivity index (χ0) is 15.9. The zero-order valence-electron chi connectivity index (χ0n) is 12.0. The van der Waals surface area contributed by atoms with Crippen LogP contribution in [0.3, 0.4) is 0 Å². The van der Waals surface area contributed by atoms with Crippen molar-refractivity contribution in [3.05, 3.63) is 60.2 Å². The number of thiocarbonyl (C=S) groups is 1. The van der Waals surface area contributed by atoms with Crippen LogP contribution in [0.5, 0.6) is 5.75 Å². The number of hydrogen-bond acceptors (Lipinski definition) is 2. The van der Waals surface area contributed by atoms with Gasteiger partial charge in [0, 0.05) is 11.8 Å². The van der Waals surface area contributed by atoms with Gasteiger partial charge < -0.3 is 15.4 Å². The molecule has 0 saturated heterocycles. The molecule has 2 aromatic rings. The lowest BCUT2D eigenvalue weighted by atomic mass is 10.3. The number of para-hydroxylation sites is 1. The first-order valence-corrected chi connectivity index (χ1v) is 7.16. The number of benzene rings is 2. The van der Waals surface area contributed by atoms with Crippen LogP contribution in [0.4, 0.5) is 14.5 Å². The Kier molecular flexibility index (Phi) is 5.66. The van der Waals surface area contributed by atoms with Crippen LogP contribution in [0.15, 0.2) is 48.5 Å². The number of ether oxygens (including phenoxy) is 1. The molecule has 0 aromatic heterocycles. The third-order valence-corrected chi connectivity index (χ3v) is 3.02. The number of halogens is 2. The highest BCUT2D eigenvalue weighted by atomic mass is 32.1. The fourth-order valence-corrected chi connectivity index (χ4v) is 2.06. The molecule has 2 rings (SSSR count). The third-order valence-electron chi connectivity index (χ3n) is 2.80. The standard InChI is InChI=1S/C16H16F2N2OS/c1-11(10-21-13-5-3-2-4-6-13)19-16(22)20-12-7-8-14(17)15(18)9-12/h2-9,11H,10H2,1H3,(H2,19,20,22)/t11-/m0/s1. The predicted molar refractivity (Wildman–Crippen MR) is 87.1 cm³/mol. The van der Waals surface area contributed by atoms with Crippen molar-refractivity contribution < 1.29 is 13.5 Å². The second-order valence-corrected chi connectivity index (χ2v) is 5.16. The molecule has 0 amide bonds. The monoisotopic (exact) mass is 322 g/mol. The predicted octanol–water partition coefficient (Wildman–Crippen LogP) is 3.72. The second-order valence-electron chi connectivity index (χ2n) is 4.75. The van der Waals surface area contributed by atoms with E-state index in [1.807, 2.05) is 37.3 Å². The Morgan fingerprint density at radius 2 is 1.86 bits per heavy atom. The Bertz CT molecular complexity index is 637. The first kappa shape index (κ1) is 16.2. The summed E-state index contributed by atoms with van der Waals surface area (Å²) in [6, 6.07) is 12.9. The third kappa shape index (κ3) is 4.96. The van der Waals surface area contributed by atoms with E-state index in [1.165, 1.54) is 6.07 Å². The molecule has 0 aliphatic rings. The number of anilines is 1. The maximum atomic E-state index is 13.1. The van der Waals surface area contributed by atoms with Crippen LogP contribution in [-0.2, 0) is 0 Å². The molecule has 0 spiro atoms. The van der Waals surface area contributed by atoms with E-state index in [9.17, 15) is 8.78 Å². The van der Waals surface area contributed by atoms with E-state index in [0.717, 1.165) is 17.9 Å². The van der Waals surface area contributed by atoms with Crippen LogP contribution in [0.25, 0.3) is 0 Å². The average molecular weight is 322 g/mol. The van der Waals surface area contributed by atoms with Crippen molar-refractivity contribution in [1.29, 1.82) is 0 Å². The van der Waals surface area contributed by atoms with E-state index in [4.69, 9.17) is 17.0 Å². The van der Waals surface area contributed by atoms with E-state index in [2.05, 4.69) is 10.6 Å². The number of hydrogen-bond donors (Lipinski definition) is 2. The van der Waals surface area contributed by atoms with Gasteiger partial charge in [0.05, 0.1) is 6.04 Å². The topological polar surface area (TPSA) is 33.3 Å². The lowest BCUT2D eigenvalue weighted by molar-refractivity contribution is 0.287. The van der Waals surface area contributed by atoms with Gasteiger partial charge in [0.2, 0.25) is 0 Å².